The molecule has 1 unspecified atom stereocenters. The number of nitro groups is 1. The van der Waals surface area contributed by atoms with Gasteiger partial charge in [-0.1, -0.05) is 0 Å². The Morgan fingerprint density at radius 1 is 1.55 bits per heavy atom. The van der Waals surface area contributed by atoms with Crippen molar-refractivity contribution in [2.75, 3.05) is 6.54 Å². The fourth-order valence-corrected chi connectivity index (χ4v) is 2.09. The number of rotatable bonds is 4. The molecule has 1 aliphatic heterocycles. The van der Waals surface area contributed by atoms with Gasteiger partial charge in [-0.15, -0.1) is 0 Å². The van der Waals surface area contributed by atoms with Gasteiger partial charge in [0.1, 0.15) is 12.6 Å². The van der Waals surface area contributed by atoms with Crippen molar-refractivity contribution in [3.05, 3.63) is 22.4 Å². The number of aliphatic hydroxyl groups excluding tert-OH is 1. The summed E-state index contributed by atoms with van der Waals surface area (Å²) in [6.07, 6.45) is 0.352. The number of carbonyl (C=O) groups excluding carboxylic acids is 1. The van der Waals surface area contributed by atoms with Crippen LogP contribution < -0.4 is 0 Å². The number of aromatic nitrogens is 2. The first-order chi connectivity index (χ1) is 9.38. The summed E-state index contributed by atoms with van der Waals surface area (Å²) < 4.78 is 1.06. The number of aliphatic carboxylic acids is 1. The molecular formula is C10H12N4O6. The van der Waals surface area contributed by atoms with E-state index in [1.807, 2.05) is 0 Å². The van der Waals surface area contributed by atoms with Gasteiger partial charge in [-0.2, -0.15) is 4.68 Å². The minimum Gasteiger partial charge on any atom is -0.480 e. The number of hydrogen-bond donors (Lipinski definition) is 2. The Morgan fingerprint density at radius 3 is 2.80 bits per heavy atom. The molecule has 1 aromatic rings. The van der Waals surface area contributed by atoms with E-state index in [0.29, 0.717) is 0 Å². The number of likely N-dealkylation sites (tertiary alicyclic amines) is 1. The van der Waals surface area contributed by atoms with Crippen LogP contribution >= 0.6 is 0 Å². The van der Waals surface area contributed by atoms with Crippen LogP contribution in [0.5, 0.6) is 0 Å². The maximum Gasteiger partial charge on any atom is 0.389 e. The summed E-state index contributed by atoms with van der Waals surface area (Å²) in [6.45, 7) is -0.385. The summed E-state index contributed by atoms with van der Waals surface area (Å²) in [7, 11) is 0. The molecule has 10 nitrogen and oxygen atoms in total. The van der Waals surface area contributed by atoms with Gasteiger partial charge >= 0.3 is 11.8 Å². The van der Waals surface area contributed by atoms with E-state index in [-0.39, 0.29) is 19.5 Å². The number of β-amino-alcohol motifs (C(OH)–C–C–N with tert-alkyl or cyclic N) is 1. The Kier molecular flexibility index (Phi) is 3.66. The number of carbonyl (C=O) groups is 2. The maximum absolute atomic E-state index is 12.0. The zero-order valence-electron chi connectivity index (χ0n) is 10.2. The van der Waals surface area contributed by atoms with E-state index in [1.54, 1.807) is 0 Å². The molecule has 0 aromatic carbocycles. The molecular weight excluding hydrogens is 272 g/mol. The Labute approximate surface area is 112 Å². The van der Waals surface area contributed by atoms with E-state index in [2.05, 4.69) is 5.10 Å². The molecule has 1 saturated heterocycles. The van der Waals surface area contributed by atoms with Crippen LogP contribution in [0.25, 0.3) is 0 Å². The highest BCUT2D eigenvalue weighted by Crippen LogP contribution is 2.19. The highest BCUT2D eigenvalue weighted by molar-refractivity contribution is 5.84. The lowest BCUT2D eigenvalue weighted by molar-refractivity contribution is -0.389. The molecule has 0 spiro atoms. The Morgan fingerprint density at radius 2 is 2.25 bits per heavy atom. The van der Waals surface area contributed by atoms with E-state index in [1.165, 1.54) is 6.20 Å². The number of aliphatic hydroxyl groups is 1. The van der Waals surface area contributed by atoms with Crippen LogP contribution in [0.4, 0.5) is 5.82 Å². The standard InChI is InChI=1S/C10H12N4O6/c15-6-3-7(10(17)18)13(4-6)9(16)5-12-2-1-8(11-12)14(19)20/h1-2,6-7,15H,3-5H2,(H,17,18)/t6?,7-/m0/s1. The summed E-state index contributed by atoms with van der Waals surface area (Å²) in [4.78, 5) is 33.8. The first-order valence-corrected chi connectivity index (χ1v) is 5.76. The molecule has 10 heteroatoms. The van der Waals surface area contributed by atoms with Crippen LogP contribution in [-0.4, -0.2) is 60.4 Å². The zero-order valence-corrected chi connectivity index (χ0v) is 10.2. The topological polar surface area (TPSA) is 139 Å². The van der Waals surface area contributed by atoms with E-state index in [4.69, 9.17) is 5.11 Å². The summed E-state index contributed by atoms with van der Waals surface area (Å²) in [6, 6.07) is 0.0592. The van der Waals surface area contributed by atoms with Gasteiger partial charge < -0.3 is 25.2 Å². The number of carboxylic acids is 1. The summed E-state index contributed by atoms with van der Waals surface area (Å²) >= 11 is 0. The van der Waals surface area contributed by atoms with Crippen molar-refractivity contribution >= 4 is 17.7 Å². The van der Waals surface area contributed by atoms with Crippen molar-refractivity contribution in [1.82, 2.24) is 14.7 Å². The molecule has 108 valence electrons. The predicted octanol–water partition coefficient (Wildman–Crippen LogP) is -1.16. The minimum absolute atomic E-state index is 0.0275. The molecule has 0 saturated carbocycles. The number of amides is 1. The molecule has 20 heavy (non-hydrogen) atoms. The molecule has 1 aliphatic rings. The monoisotopic (exact) mass is 284 g/mol. The van der Waals surface area contributed by atoms with Gasteiger partial charge in [-0.3, -0.25) is 4.79 Å². The lowest BCUT2D eigenvalue weighted by Gasteiger charge is -2.20. The second-order valence-corrected chi connectivity index (χ2v) is 4.42. The smallest absolute Gasteiger partial charge is 0.389 e. The first kappa shape index (κ1) is 13.9. The lowest BCUT2D eigenvalue weighted by Crippen LogP contribution is -2.42. The molecule has 2 rings (SSSR count). The molecule has 1 amide bonds. The van der Waals surface area contributed by atoms with E-state index in [0.717, 1.165) is 15.6 Å². The second kappa shape index (κ2) is 5.25. The van der Waals surface area contributed by atoms with Crippen LogP contribution in [0.3, 0.4) is 0 Å². The first-order valence-electron chi connectivity index (χ1n) is 5.76. The zero-order chi connectivity index (χ0) is 14.9. The van der Waals surface area contributed by atoms with Crippen LogP contribution in [0, 0.1) is 10.1 Å². The number of nitrogens with zero attached hydrogens (tertiary/aromatic N) is 4. The average molecular weight is 284 g/mol. The number of carboxylic acid groups (broad SMARTS) is 1. The third-order valence-corrected chi connectivity index (χ3v) is 3.00. The van der Waals surface area contributed by atoms with Crippen LogP contribution in [0.1, 0.15) is 6.42 Å². The van der Waals surface area contributed by atoms with Crippen molar-refractivity contribution in [2.24, 2.45) is 0 Å². The highest BCUT2D eigenvalue weighted by Gasteiger charge is 2.39. The lowest BCUT2D eigenvalue weighted by atomic mass is 10.2. The molecule has 2 N–H and O–H groups in total. The van der Waals surface area contributed by atoms with Gasteiger partial charge in [0.15, 0.2) is 0 Å². The molecule has 1 aromatic heterocycles. The fraction of sp³-hybridized carbons (Fsp3) is 0.500. The highest BCUT2D eigenvalue weighted by atomic mass is 16.6. The van der Waals surface area contributed by atoms with Crippen molar-refractivity contribution < 1.29 is 24.7 Å². The van der Waals surface area contributed by atoms with Gasteiger partial charge in [0.2, 0.25) is 5.91 Å². The number of hydrogen-bond acceptors (Lipinski definition) is 6. The van der Waals surface area contributed by atoms with Gasteiger partial charge in [-0.05, 0) is 4.92 Å². The van der Waals surface area contributed by atoms with Crippen molar-refractivity contribution in [1.29, 1.82) is 0 Å². The maximum atomic E-state index is 12.0. The van der Waals surface area contributed by atoms with Crippen LogP contribution in [-0.2, 0) is 16.1 Å². The van der Waals surface area contributed by atoms with E-state index in [9.17, 15) is 24.8 Å². The molecule has 0 aliphatic carbocycles. The average Bonchev–Trinajstić information content (AvgIpc) is 2.95. The minimum atomic E-state index is -1.19. The Hall–Kier alpha value is -2.49. The van der Waals surface area contributed by atoms with Gasteiger partial charge in [0.05, 0.1) is 23.5 Å². The van der Waals surface area contributed by atoms with Crippen molar-refractivity contribution in [3.63, 3.8) is 0 Å². The fourth-order valence-electron chi connectivity index (χ4n) is 2.09. The van der Waals surface area contributed by atoms with Crippen molar-refractivity contribution in [2.45, 2.75) is 25.1 Å². The second-order valence-electron chi connectivity index (χ2n) is 4.42. The molecule has 0 bridgehead atoms. The Bertz CT molecular complexity index is 556. The Balaban J connectivity index is 2.07. The van der Waals surface area contributed by atoms with Crippen LogP contribution in [0.15, 0.2) is 12.3 Å². The molecule has 1 fully saturated rings. The van der Waals surface area contributed by atoms with Gasteiger partial charge in [-0.25, -0.2) is 4.79 Å². The summed E-state index contributed by atoms with van der Waals surface area (Å²) in [5.41, 5.74) is 0. The third kappa shape index (κ3) is 2.74. The summed E-state index contributed by atoms with van der Waals surface area (Å²) in [5.74, 6) is -2.15. The largest absolute Gasteiger partial charge is 0.480 e. The van der Waals surface area contributed by atoms with E-state index >= 15 is 0 Å². The third-order valence-electron chi connectivity index (χ3n) is 3.00. The molecule has 2 atom stereocenters. The molecule has 2 heterocycles. The van der Waals surface area contributed by atoms with E-state index < -0.39 is 34.8 Å². The molecule has 0 radical (unpaired) electrons. The summed E-state index contributed by atoms with van der Waals surface area (Å²) in [5, 5.41) is 32.5. The van der Waals surface area contributed by atoms with Gasteiger partial charge in [0, 0.05) is 13.0 Å². The van der Waals surface area contributed by atoms with Crippen LogP contribution in [0.2, 0.25) is 0 Å². The van der Waals surface area contributed by atoms with Crippen molar-refractivity contribution in [3.8, 4) is 0 Å². The normalized spacial score (nSPS) is 21.9. The van der Waals surface area contributed by atoms with Gasteiger partial charge in [0.25, 0.3) is 0 Å². The SMILES string of the molecule is O=C(O)[C@@H]1CC(O)CN1C(=O)Cn1ccc([N+](=O)[O-])n1. The predicted molar refractivity (Wildman–Crippen MR) is 62.6 cm³/mol. The quantitative estimate of drug-likeness (QED) is 0.525.